The van der Waals surface area contributed by atoms with Gasteiger partial charge < -0.3 is 10.2 Å². The molecule has 134 valence electrons. The van der Waals surface area contributed by atoms with E-state index in [1.807, 2.05) is 0 Å². The van der Waals surface area contributed by atoms with Crippen molar-refractivity contribution in [2.75, 3.05) is 13.6 Å². The number of carbonyl (C=O) groups excluding carboxylic acids is 3. The summed E-state index contributed by atoms with van der Waals surface area (Å²) < 4.78 is 13.3. The Balaban J connectivity index is 1.79. The predicted molar refractivity (Wildman–Crippen MR) is 92.6 cm³/mol. The molecule has 3 rings (SSSR count). The minimum atomic E-state index is -0.467. The maximum absolute atomic E-state index is 13.3. The van der Waals surface area contributed by atoms with Crippen LogP contribution in [0.1, 0.15) is 21.5 Å². The number of nitrogens with one attached hydrogen (secondary N) is 1. The highest BCUT2D eigenvalue weighted by Gasteiger charge is 2.29. The molecule has 0 aliphatic carbocycles. The highest BCUT2D eigenvalue weighted by Crippen LogP contribution is 2.17. The predicted octanol–water partition coefficient (Wildman–Crippen LogP) is 2.15. The van der Waals surface area contributed by atoms with E-state index in [9.17, 15) is 18.8 Å². The van der Waals surface area contributed by atoms with Gasteiger partial charge in [0.15, 0.2) is 0 Å². The van der Waals surface area contributed by atoms with Crippen molar-refractivity contribution < 1.29 is 18.8 Å². The Labute approximate surface area is 150 Å². The van der Waals surface area contributed by atoms with Crippen molar-refractivity contribution in [3.8, 4) is 0 Å². The van der Waals surface area contributed by atoms with Crippen LogP contribution in [0.4, 0.5) is 9.18 Å². The molecule has 0 aromatic heterocycles. The zero-order valence-electron chi connectivity index (χ0n) is 14.2. The van der Waals surface area contributed by atoms with Crippen molar-refractivity contribution in [2.45, 2.75) is 13.1 Å². The average molecular weight is 355 g/mol. The van der Waals surface area contributed by atoms with Gasteiger partial charge in [-0.15, -0.1) is 0 Å². The van der Waals surface area contributed by atoms with E-state index in [1.165, 1.54) is 17.0 Å². The van der Waals surface area contributed by atoms with Crippen LogP contribution in [-0.4, -0.2) is 41.2 Å². The summed E-state index contributed by atoms with van der Waals surface area (Å²) in [5.41, 5.74) is 1.65. The Morgan fingerprint density at radius 2 is 1.96 bits per heavy atom. The molecule has 0 bridgehead atoms. The first-order chi connectivity index (χ1) is 12.5. The first kappa shape index (κ1) is 17.6. The van der Waals surface area contributed by atoms with Crippen molar-refractivity contribution in [2.24, 2.45) is 0 Å². The van der Waals surface area contributed by atoms with Crippen LogP contribution in [0.3, 0.4) is 0 Å². The first-order valence-corrected chi connectivity index (χ1v) is 8.11. The van der Waals surface area contributed by atoms with Gasteiger partial charge in [-0.05, 0) is 29.3 Å². The second-order valence-corrected chi connectivity index (χ2v) is 6.09. The number of hydrogen-bond donors (Lipinski definition) is 1. The Morgan fingerprint density at radius 3 is 2.65 bits per heavy atom. The normalized spacial score (nSPS) is 13.7. The van der Waals surface area contributed by atoms with Crippen LogP contribution in [0, 0.1) is 5.82 Å². The molecule has 26 heavy (non-hydrogen) atoms. The quantitative estimate of drug-likeness (QED) is 0.836. The number of amides is 4. The van der Waals surface area contributed by atoms with Crippen LogP contribution in [0.2, 0.25) is 0 Å². The van der Waals surface area contributed by atoms with Gasteiger partial charge in [-0.3, -0.25) is 14.5 Å². The molecule has 0 spiro atoms. The van der Waals surface area contributed by atoms with Gasteiger partial charge in [0.1, 0.15) is 5.82 Å². The molecule has 1 fully saturated rings. The smallest absolute Gasteiger partial charge is 0.324 e. The zero-order valence-corrected chi connectivity index (χ0v) is 14.2. The second-order valence-electron chi connectivity index (χ2n) is 6.09. The van der Waals surface area contributed by atoms with E-state index >= 15 is 0 Å². The van der Waals surface area contributed by atoms with Gasteiger partial charge in [-0.25, -0.2) is 9.18 Å². The number of nitrogens with zero attached hydrogens (tertiary/aromatic N) is 2. The van der Waals surface area contributed by atoms with Crippen LogP contribution < -0.4 is 5.32 Å². The topological polar surface area (TPSA) is 69.7 Å². The number of hydrogen-bond acceptors (Lipinski definition) is 3. The lowest BCUT2D eigenvalue weighted by Gasteiger charge is -2.20. The first-order valence-electron chi connectivity index (χ1n) is 8.11. The zero-order chi connectivity index (χ0) is 18.7. The Morgan fingerprint density at radius 1 is 1.19 bits per heavy atom. The van der Waals surface area contributed by atoms with Crippen molar-refractivity contribution in [1.82, 2.24) is 15.1 Å². The van der Waals surface area contributed by atoms with E-state index in [-0.39, 0.29) is 37.3 Å². The summed E-state index contributed by atoms with van der Waals surface area (Å²) >= 11 is 0. The molecule has 2 aromatic carbocycles. The summed E-state index contributed by atoms with van der Waals surface area (Å²) in [5.74, 6) is -0.954. The number of carbonyl (C=O) groups is 3. The fourth-order valence-corrected chi connectivity index (χ4v) is 2.84. The molecule has 1 aliphatic rings. The fraction of sp³-hybridized carbons (Fsp3) is 0.211. The third-order valence-corrected chi connectivity index (χ3v) is 4.17. The summed E-state index contributed by atoms with van der Waals surface area (Å²) in [6.07, 6.45) is 0. The third kappa shape index (κ3) is 3.72. The van der Waals surface area contributed by atoms with Crippen molar-refractivity contribution in [3.05, 3.63) is 71.0 Å². The molecular weight excluding hydrogens is 337 g/mol. The minimum absolute atomic E-state index is 0.0282. The van der Waals surface area contributed by atoms with E-state index in [1.54, 1.807) is 43.4 Å². The van der Waals surface area contributed by atoms with Gasteiger partial charge in [0.2, 0.25) is 5.91 Å². The van der Waals surface area contributed by atoms with Crippen LogP contribution >= 0.6 is 0 Å². The Bertz CT molecular complexity index is 853. The summed E-state index contributed by atoms with van der Waals surface area (Å²) in [7, 11) is 1.62. The van der Waals surface area contributed by atoms with Crippen LogP contribution in [0.25, 0.3) is 0 Å². The lowest BCUT2D eigenvalue weighted by atomic mass is 10.1. The van der Waals surface area contributed by atoms with Gasteiger partial charge in [-0.2, -0.15) is 0 Å². The van der Waals surface area contributed by atoms with Gasteiger partial charge in [0.25, 0.3) is 5.91 Å². The van der Waals surface area contributed by atoms with Crippen molar-refractivity contribution in [3.63, 3.8) is 0 Å². The van der Waals surface area contributed by atoms with Gasteiger partial charge >= 0.3 is 6.03 Å². The lowest BCUT2D eigenvalue weighted by molar-refractivity contribution is -0.125. The standard InChI is InChI=1S/C19H18FN3O3/c1-22(11-13-5-4-7-15(20)9-13)18(25)16-8-3-2-6-14(16)12-23-17(24)10-21-19(23)26/h2-9H,10-12H2,1H3,(H,21,26). The summed E-state index contributed by atoms with van der Waals surface area (Å²) in [5, 5.41) is 2.46. The third-order valence-electron chi connectivity index (χ3n) is 4.17. The van der Waals surface area contributed by atoms with Gasteiger partial charge in [0, 0.05) is 19.2 Å². The van der Waals surface area contributed by atoms with Crippen LogP contribution in [0.5, 0.6) is 0 Å². The molecular formula is C19H18FN3O3. The van der Waals surface area contributed by atoms with Gasteiger partial charge in [0.05, 0.1) is 13.1 Å². The van der Waals surface area contributed by atoms with Crippen LogP contribution in [-0.2, 0) is 17.9 Å². The molecule has 6 nitrogen and oxygen atoms in total. The number of urea groups is 1. The SMILES string of the molecule is CN(Cc1cccc(F)c1)C(=O)c1ccccc1CN1C(=O)CNC1=O. The number of benzene rings is 2. The summed E-state index contributed by atoms with van der Waals surface area (Å²) in [4.78, 5) is 38.9. The maximum atomic E-state index is 13.3. The molecule has 1 aliphatic heterocycles. The molecule has 1 saturated heterocycles. The van der Waals surface area contributed by atoms with Crippen molar-refractivity contribution in [1.29, 1.82) is 0 Å². The second kappa shape index (κ2) is 7.35. The van der Waals surface area contributed by atoms with E-state index in [0.717, 1.165) is 4.90 Å². The van der Waals surface area contributed by atoms with E-state index < -0.39 is 6.03 Å². The molecule has 1 heterocycles. The largest absolute Gasteiger partial charge is 0.337 e. The average Bonchev–Trinajstić information content (AvgIpc) is 2.93. The summed E-state index contributed by atoms with van der Waals surface area (Å²) in [6, 6.07) is 12.4. The molecule has 0 atom stereocenters. The number of halogens is 1. The Hall–Kier alpha value is -3.22. The molecule has 2 aromatic rings. The summed E-state index contributed by atoms with van der Waals surface area (Å²) in [6.45, 7) is 0.239. The van der Waals surface area contributed by atoms with Crippen LogP contribution in [0.15, 0.2) is 48.5 Å². The van der Waals surface area contributed by atoms with E-state index in [4.69, 9.17) is 0 Å². The van der Waals surface area contributed by atoms with E-state index in [2.05, 4.69) is 5.32 Å². The monoisotopic (exact) mass is 355 g/mol. The molecule has 7 heteroatoms. The molecule has 4 amide bonds. The van der Waals surface area contributed by atoms with Gasteiger partial charge in [-0.1, -0.05) is 30.3 Å². The number of imide groups is 1. The fourth-order valence-electron chi connectivity index (χ4n) is 2.84. The Kier molecular flexibility index (Phi) is 4.97. The number of rotatable bonds is 5. The minimum Gasteiger partial charge on any atom is -0.337 e. The highest BCUT2D eigenvalue weighted by atomic mass is 19.1. The van der Waals surface area contributed by atoms with E-state index in [0.29, 0.717) is 16.7 Å². The molecule has 0 radical (unpaired) electrons. The highest BCUT2D eigenvalue weighted by molar-refractivity contribution is 6.02. The molecule has 0 saturated carbocycles. The molecule has 0 unspecified atom stereocenters. The van der Waals surface area contributed by atoms with Crippen molar-refractivity contribution >= 4 is 17.8 Å². The molecule has 1 N–H and O–H groups in total. The maximum Gasteiger partial charge on any atom is 0.324 e. The lowest BCUT2D eigenvalue weighted by Crippen LogP contribution is -2.32.